The summed E-state index contributed by atoms with van der Waals surface area (Å²) in [5, 5.41) is 0. The van der Waals surface area contributed by atoms with Gasteiger partial charge in [-0.25, -0.2) is 25.9 Å². The van der Waals surface area contributed by atoms with Gasteiger partial charge in [0.05, 0.1) is 29.0 Å². The summed E-state index contributed by atoms with van der Waals surface area (Å²) in [4.78, 5) is 24.6. The van der Waals surface area contributed by atoms with Crippen LogP contribution in [-0.4, -0.2) is 47.8 Å². The van der Waals surface area contributed by atoms with Crippen molar-refractivity contribution in [2.45, 2.75) is 11.1 Å². The average molecular weight is 432 g/mol. The third-order valence-electron chi connectivity index (χ3n) is 3.27. The molecule has 2 aromatic rings. The van der Waals surface area contributed by atoms with E-state index in [1.807, 2.05) is 0 Å². The van der Waals surface area contributed by atoms with Crippen LogP contribution in [0.2, 0.25) is 0 Å². The number of carbonyl (C=O) groups excluding carboxylic acids is 2. The number of hydrogen-bond donors (Lipinski definition) is 0. The van der Waals surface area contributed by atoms with E-state index in [9.17, 15) is 26.4 Å². The molecule has 1 amide bonds. The van der Waals surface area contributed by atoms with E-state index >= 15 is 0 Å². The van der Waals surface area contributed by atoms with Crippen LogP contribution in [0.15, 0.2) is 40.6 Å². The fourth-order valence-electron chi connectivity index (χ4n) is 2.17. The zero-order valence-corrected chi connectivity index (χ0v) is 17.2. The number of sulfonamides is 1. The van der Waals surface area contributed by atoms with Crippen LogP contribution in [-0.2, 0) is 24.6 Å². The molecule has 0 atom stereocenters. The maximum atomic E-state index is 12.8. The molecule has 1 aromatic heterocycles. The average Bonchev–Trinajstić information content (AvgIpc) is 3.04. The van der Waals surface area contributed by atoms with Gasteiger partial charge in [0.1, 0.15) is 4.21 Å². The van der Waals surface area contributed by atoms with Crippen molar-refractivity contribution in [3.05, 3.63) is 46.8 Å². The predicted octanol–water partition coefficient (Wildman–Crippen LogP) is 1.93. The minimum Gasteiger partial charge on any atom is -0.462 e. The lowest BCUT2D eigenvalue weighted by molar-refractivity contribution is 0.0526. The number of anilines is 1. The van der Waals surface area contributed by atoms with Gasteiger partial charge in [-0.15, -0.1) is 11.3 Å². The summed E-state index contributed by atoms with van der Waals surface area (Å²) in [6.45, 7) is 1.77. The summed E-state index contributed by atoms with van der Waals surface area (Å²) in [5.74, 6) is -1.57. The molecule has 0 N–H and O–H groups in total. The van der Waals surface area contributed by atoms with E-state index in [1.165, 1.54) is 36.4 Å². The van der Waals surface area contributed by atoms with E-state index < -0.39 is 31.7 Å². The van der Waals surface area contributed by atoms with E-state index in [2.05, 4.69) is 0 Å². The number of thiophene rings is 1. The highest BCUT2D eigenvalue weighted by Crippen LogP contribution is 2.27. The monoisotopic (exact) mass is 431 g/mol. The summed E-state index contributed by atoms with van der Waals surface area (Å²) in [5.41, 5.74) is 0.0289. The second-order valence-electron chi connectivity index (χ2n) is 5.49. The molecule has 0 unspecified atom stereocenters. The van der Waals surface area contributed by atoms with E-state index in [4.69, 9.17) is 4.74 Å². The summed E-state index contributed by atoms with van der Waals surface area (Å²) in [6, 6.07) is 7.91. The molecule has 11 heteroatoms. The molecule has 0 radical (unpaired) electrons. The number of carbonyl (C=O) groups is 2. The van der Waals surface area contributed by atoms with Gasteiger partial charge in [-0.05, 0) is 37.3 Å². The summed E-state index contributed by atoms with van der Waals surface area (Å²) < 4.78 is 53.0. The number of amides is 1. The number of esters is 1. The second kappa shape index (κ2) is 7.79. The van der Waals surface area contributed by atoms with Crippen LogP contribution < -0.4 is 4.31 Å². The molecule has 1 heterocycles. The molecule has 27 heavy (non-hydrogen) atoms. The van der Waals surface area contributed by atoms with Gasteiger partial charge in [-0.3, -0.25) is 4.79 Å². The largest absolute Gasteiger partial charge is 0.462 e. The highest BCUT2D eigenvalue weighted by atomic mass is 32.2. The van der Waals surface area contributed by atoms with Gasteiger partial charge in [0.25, 0.3) is 5.91 Å². The SMILES string of the molecule is CCOC(=O)c1cccc(N(C(=O)c2ccc(S(C)(=O)=O)s2)S(C)(=O)=O)c1. The lowest BCUT2D eigenvalue weighted by Gasteiger charge is -2.20. The van der Waals surface area contributed by atoms with Gasteiger partial charge in [0.2, 0.25) is 10.0 Å². The molecule has 0 aliphatic carbocycles. The first-order chi connectivity index (χ1) is 12.4. The predicted molar refractivity (Wildman–Crippen MR) is 101 cm³/mol. The van der Waals surface area contributed by atoms with Crippen molar-refractivity contribution in [3.8, 4) is 0 Å². The van der Waals surface area contributed by atoms with Crippen molar-refractivity contribution in [1.29, 1.82) is 0 Å². The highest BCUT2D eigenvalue weighted by Gasteiger charge is 2.29. The molecule has 0 fully saturated rings. The molecule has 0 aliphatic rings. The fraction of sp³-hybridized carbons (Fsp3) is 0.250. The molecule has 0 bridgehead atoms. The summed E-state index contributed by atoms with van der Waals surface area (Å²) in [7, 11) is -7.59. The van der Waals surface area contributed by atoms with Crippen molar-refractivity contribution < 1.29 is 31.2 Å². The Balaban J connectivity index is 2.51. The highest BCUT2D eigenvalue weighted by molar-refractivity contribution is 7.93. The van der Waals surface area contributed by atoms with Gasteiger partial charge in [-0.2, -0.15) is 0 Å². The Morgan fingerprint density at radius 2 is 1.74 bits per heavy atom. The Kier molecular flexibility index (Phi) is 6.07. The van der Waals surface area contributed by atoms with E-state index in [0.717, 1.165) is 12.5 Å². The molecule has 8 nitrogen and oxygen atoms in total. The Morgan fingerprint density at radius 3 is 2.26 bits per heavy atom. The lowest BCUT2D eigenvalue weighted by Crippen LogP contribution is -2.35. The lowest BCUT2D eigenvalue weighted by atomic mass is 10.2. The third kappa shape index (κ3) is 4.93. The van der Waals surface area contributed by atoms with Gasteiger partial charge in [-0.1, -0.05) is 6.07 Å². The van der Waals surface area contributed by atoms with Gasteiger partial charge in [0.15, 0.2) is 9.84 Å². The summed E-state index contributed by atoms with van der Waals surface area (Å²) >= 11 is 0.670. The molecule has 1 aromatic carbocycles. The molecule has 0 aliphatic heterocycles. The first-order valence-electron chi connectivity index (χ1n) is 7.57. The van der Waals surface area contributed by atoms with Crippen LogP contribution in [0, 0.1) is 0 Å². The van der Waals surface area contributed by atoms with Crippen LogP contribution in [0.1, 0.15) is 27.0 Å². The topological polar surface area (TPSA) is 115 Å². The van der Waals surface area contributed by atoms with Crippen molar-refractivity contribution >= 4 is 48.8 Å². The Bertz CT molecular complexity index is 1080. The number of sulfone groups is 1. The Labute approximate surface area is 161 Å². The van der Waals surface area contributed by atoms with E-state index in [-0.39, 0.29) is 26.9 Å². The standard InChI is InChI=1S/C16H17NO7S3/c1-4-24-16(19)11-6-5-7-12(10-11)17(27(3,22)23)15(18)13-8-9-14(25-13)26(2,20)21/h5-10H,4H2,1-3H3. The zero-order chi connectivity index (χ0) is 20.4. The number of rotatable bonds is 6. The Morgan fingerprint density at radius 1 is 1.07 bits per heavy atom. The van der Waals surface area contributed by atoms with E-state index in [0.29, 0.717) is 15.6 Å². The van der Waals surface area contributed by atoms with Crippen LogP contribution in [0.4, 0.5) is 5.69 Å². The van der Waals surface area contributed by atoms with Crippen LogP contribution in [0.3, 0.4) is 0 Å². The molecule has 0 spiro atoms. The number of ether oxygens (including phenoxy) is 1. The van der Waals surface area contributed by atoms with E-state index in [1.54, 1.807) is 6.92 Å². The van der Waals surface area contributed by atoms with Crippen LogP contribution >= 0.6 is 11.3 Å². The normalized spacial score (nSPS) is 11.8. The first-order valence-corrected chi connectivity index (χ1v) is 12.1. The van der Waals surface area contributed by atoms with Crippen molar-refractivity contribution in [2.75, 3.05) is 23.4 Å². The minimum absolute atomic E-state index is 0.0534. The molecular weight excluding hydrogens is 414 g/mol. The van der Waals surface area contributed by atoms with Crippen molar-refractivity contribution in [1.82, 2.24) is 0 Å². The number of nitrogens with zero attached hydrogens (tertiary/aromatic N) is 1. The fourth-order valence-corrected chi connectivity index (χ4v) is 4.98. The minimum atomic E-state index is -4.06. The van der Waals surface area contributed by atoms with Gasteiger partial charge < -0.3 is 4.74 Å². The number of hydrogen-bond acceptors (Lipinski definition) is 8. The third-order valence-corrected chi connectivity index (χ3v) is 7.20. The second-order valence-corrected chi connectivity index (χ2v) is 10.7. The smallest absolute Gasteiger partial charge is 0.338 e. The molecule has 146 valence electrons. The van der Waals surface area contributed by atoms with Crippen LogP contribution in [0.5, 0.6) is 0 Å². The van der Waals surface area contributed by atoms with Crippen molar-refractivity contribution in [2.24, 2.45) is 0 Å². The molecule has 0 saturated heterocycles. The first kappa shape index (κ1) is 21.1. The van der Waals surface area contributed by atoms with Crippen molar-refractivity contribution in [3.63, 3.8) is 0 Å². The van der Waals surface area contributed by atoms with Gasteiger partial charge >= 0.3 is 5.97 Å². The van der Waals surface area contributed by atoms with Gasteiger partial charge in [0, 0.05) is 6.26 Å². The zero-order valence-electron chi connectivity index (χ0n) is 14.7. The maximum Gasteiger partial charge on any atom is 0.338 e. The maximum absolute atomic E-state index is 12.8. The molecule has 2 rings (SSSR count). The number of benzene rings is 1. The quantitative estimate of drug-likeness (QED) is 0.642. The molecular formula is C16H17NO7S3. The Hall–Kier alpha value is -2.24. The van der Waals surface area contributed by atoms with Crippen LogP contribution in [0.25, 0.3) is 0 Å². The molecule has 0 saturated carbocycles. The summed E-state index contributed by atoms with van der Waals surface area (Å²) in [6.07, 6.45) is 1.83.